The van der Waals surface area contributed by atoms with Crippen LogP contribution in [-0.2, 0) is 4.74 Å². The van der Waals surface area contributed by atoms with Crippen LogP contribution in [0.5, 0.6) is 0 Å². The summed E-state index contributed by atoms with van der Waals surface area (Å²) < 4.78 is 5.55. The SMILES string of the molecule is CC(C)O[C@@H]1CCNC1. The largest absolute Gasteiger partial charge is 0.374 e. The Labute approximate surface area is 56.6 Å². The maximum atomic E-state index is 5.55. The van der Waals surface area contributed by atoms with Crippen molar-refractivity contribution in [1.29, 1.82) is 0 Å². The van der Waals surface area contributed by atoms with E-state index in [4.69, 9.17) is 4.74 Å². The third kappa shape index (κ3) is 2.33. The lowest BCUT2D eigenvalue weighted by molar-refractivity contribution is 0.0201. The lowest BCUT2D eigenvalue weighted by Gasteiger charge is -2.12. The Morgan fingerprint density at radius 3 is 2.78 bits per heavy atom. The standard InChI is InChI=1S/C7H15NO/c1-6(2)9-7-3-4-8-5-7/h6-8H,3-5H2,1-2H3/t7-/m1/s1. The zero-order valence-corrected chi connectivity index (χ0v) is 6.18. The van der Waals surface area contributed by atoms with Crippen molar-refractivity contribution in [3.63, 3.8) is 0 Å². The molecular weight excluding hydrogens is 114 g/mol. The average Bonchev–Trinajstić information content (AvgIpc) is 2.15. The molecule has 0 saturated carbocycles. The molecule has 0 bridgehead atoms. The highest BCUT2D eigenvalue weighted by Gasteiger charge is 2.15. The minimum absolute atomic E-state index is 0.384. The smallest absolute Gasteiger partial charge is 0.0715 e. The quantitative estimate of drug-likeness (QED) is 0.594. The molecule has 0 aromatic rings. The average molecular weight is 129 g/mol. The summed E-state index contributed by atoms with van der Waals surface area (Å²) in [5.74, 6) is 0. The molecule has 0 aromatic heterocycles. The number of rotatable bonds is 2. The molecule has 0 aromatic carbocycles. The van der Waals surface area contributed by atoms with E-state index in [-0.39, 0.29) is 0 Å². The van der Waals surface area contributed by atoms with Crippen LogP contribution >= 0.6 is 0 Å². The molecule has 1 saturated heterocycles. The molecule has 1 atom stereocenters. The summed E-state index contributed by atoms with van der Waals surface area (Å²) in [6, 6.07) is 0. The molecule has 0 unspecified atom stereocenters. The molecule has 1 aliphatic heterocycles. The molecule has 0 aliphatic carbocycles. The van der Waals surface area contributed by atoms with Crippen LogP contribution in [0.1, 0.15) is 20.3 Å². The van der Waals surface area contributed by atoms with E-state index in [0.29, 0.717) is 12.2 Å². The molecule has 1 N–H and O–H groups in total. The van der Waals surface area contributed by atoms with Gasteiger partial charge in [0.2, 0.25) is 0 Å². The van der Waals surface area contributed by atoms with Crippen LogP contribution in [-0.4, -0.2) is 25.3 Å². The molecule has 2 nitrogen and oxygen atoms in total. The van der Waals surface area contributed by atoms with Crippen molar-refractivity contribution in [2.75, 3.05) is 13.1 Å². The molecular formula is C7H15NO. The van der Waals surface area contributed by atoms with Gasteiger partial charge in [-0.2, -0.15) is 0 Å². The number of ether oxygens (including phenoxy) is 1. The van der Waals surface area contributed by atoms with Gasteiger partial charge in [0.25, 0.3) is 0 Å². The summed E-state index contributed by atoms with van der Waals surface area (Å²) in [6.07, 6.45) is 2.04. The molecule has 9 heavy (non-hydrogen) atoms. The Bertz CT molecular complexity index is 77.0. The number of nitrogens with one attached hydrogen (secondary N) is 1. The molecule has 0 amide bonds. The van der Waals surface area contributed by atoms with E-state index in [1.807, 2.05) is 0 Å². The molecule has 54 valence electrons. The van der Waals surface area contributed by atoms with Gasteiger partial charge < -0.3 is 10.1 Å². The van der Waals surface area contributed by atoms with Gasteiger partial charge >= 0.3 is 0 Å². The van der Waals surface area contributed by atoms with Crippen LogP contribution in [0.15, 0.2) is 0 Å². The first-order chi connectivity index (χ1) is 4.29. The van der Waals surface area contributed by atoms with Crippen LogP contribution in [0, 0.1) is 0 Å². The van der Waals surface area contributed by atoms with E-state index in [2.05, 4.69) is 19.2 Å². The lowest BCUT2D eigenvalue weighted by atomic mass is 10.3. The van der Waals surface area contributed by atoms with E-state index in [1.54, 1.807) is 0 Å². The maximum Gasteiger partial charge on any atom is 0.0715 e. The van der Waals surface area contributed by atoms with Crippen molar-refractivity contribution in [2.24, 2.45) is 0 Å². The molecule has 1 rings (SSSR count). The van der Waals surface area contributed by atoms with Crippen molar-refractivity contribution in [1.82, 2.24) is 5.32 Å². The second-order valence-corrected chi connectivity index (χ2v) is 2.80. The minimum Gasteiger partial charge on any atom is -0.374 e. The fourth-order valence-electron chi connectivity index (χ4n) is 1.13. The van der Waals surface area contributed by atoms with Crippen molar-refractivity contribution in [3.8, 4) is 0 Å². The minimum atomic E-state index is 0.384. The fourth-order valence-corrected chi connectivity index (χ4v) is 1.13. The highest BCUT2D eigenvalue weighted by Crippen LogP contribution is 2.05. The van der Waals surface area contributed by atoms with Gasteiger partial charge in [0, 0.05) is 6.54 Å². The highest BCUT2D eigenvalue weighted by molar-refractivity contribution is 4.71. The Kier molecular flexibility index (Phi) is 2.49. The van der Waals surface area contributed by atoms with Gasteiger partial charge in [-0.3, -0.25) is 0 Å². The third-order valence-corrected chi connectivity index (χ3v) is 1.48. The number of hydrogen-bond acceptors (Lipinski definition) is 2. The summed E-state index contributed by atoms with van der Waals surface area (Å²) in [5.41, 5.74) is 0. The zero-order valence-electron chi connectivity index (χ0n) is 6.18. The van der Waals surface area contributed by atoms with E-state index in [0.717, 1.165) is 13.1 Å². The molecule has 1 fully saturated rings. The van der Waals surface area contributed by atoms with E-state index >= 15 is 0 Å². The molecule has 1 aliphatic rings. The van der Waals surface area contributed by atoms with Crippen LogP contribution < -0.4 is 5.32 Å². The second kappa shape index (κ2) is 3.18. The molecule has 0 radical (unpaired) electrons. The summed E-state index contributed by atoms with van der Waals surface area (Å²) in [5, 5.41) is 3.25. The predicted octanol–water partition coefficient (Wildman–Crippen LogP) is 0.773. The van der Waals surface area contributed by atoms with Crippen LogP contribution in [0.2, 0.25) is 0 Å². The van der Waals surface area contributed by atoms with Crippen LogP contribution in [0.4, 0.5) is 0 Å². The Morgan fingerprint density at radius 1 is 1.56 bits per heavy atom. The van der Waals surface area contributed by atoms with E-state index < -0.39 is 0 Å². The zero-order chi connectivity index (χ0) is 6.69. The van der Waals surface area contributed by atoms with Gasteiger partial charge in [-0.25, -0.2) is 0 Å². The van der Waals surface area contributed by atoms with Gasteiger partial charge in [-0.15, -0.1) is 0 Å². The van der Waals surface area contributed by atoms with E-state index in [1.165, 1.54) is 6.42 Å². The van der Waals surface area contributed by atoms with Crippen molar-refractivity contribution < 1.29 is 4.74 Å². The summed E-state index contributed by atoms with van der Waals surface area (Å²) in [4.78, 5) is 0. The lowest BCUT2D eigenvalue weighted by Crippen LogP contribution is -2.20. The fraction of sp³-hybridized carbons (Fsp3) is 1.00. The summed E-state index contributed by atoms with van der Waals surface area (Å²) in [7, 11) is 0. The van der Waals surface area contributed by atoms with Gasteiger partial charge in [0.05, 0.1) is 12.2 Å². The van der Waals surface area contributed by atoms with Crippen LogP contribution in [0.3, 0.4) is 0 Å². The Hall–Kier alpha value is -0.0800. The topological polar surface area (TPSA) is 21.3 Å². The monoisotopic (exact) mass is 129 g/mol. The van der Waals surface area contributed by atoms with Crippen molar-refractivity contribution in [2.45, 2.75) is 32.5 Å². The summed E-state index contributed by atoms with van der Waals surface area (Å²) in [6.45, 7) is 6.33. The number of hydrogen-bond donors (Lipinski definition) is 1. The first kappa shape index (κ1) is 7.03. The van der Waals surface area contributed by atoms with Gasteiger partial charge in [0.15, 0.2) is 0 Å². The maximum absolute atomic E-state index is 5.55. The van der Waals surface area contributed by atoms with Crippen LogP contribution in [0.25, 0.3) is 0 Å². The molecule has 0 spiro atoms. The molecule has 2 heteroatoms. The summed E-state index contributed by atoms with van der Waals surface area (Å²) >= 11 is 0. The van der Waals surface area contributed by atoms with E-state index in [9.17, 15) is 0 Å². The predicted molar refractivity (Wildman–Crippen MR) is 37.5 cm³/mol. The van der Waals surface area contributed by atoms with Gasteiger partial charge in [-0.1, -0.05) is 0 Å². The third-order valence-electron chi connectivity index (χ3n) is 1.48. The van der Waals surface area contributed by atoms with Gasteiger partial charge in [0.1, 0.15) is 0 Å². The normalized spacial score (nSPS) is 27.7. The second-order valence-electron chi connectivity index (χ2n) is 2.80. The Morgan fingerprint density at radius 2 is 2.33 bits per heavy atom. The van der Waals surface area contributed by atoms with Crippen molar-refractivity contribution >= 4 is 0 Å². The van der Waals surface area contributed by atoms with Crippen molar-refractivity contribution in [3.05, 3.63) is 0 Å². The Balaban J connectivity index is 2.11. The van der Waals surface area contributed by atoms with Gasteiger partial charge in [-0.05, 0) is 26.8 Å². The highest BCUT2D eigenvalue weighted by atomic mass is 16.5. The first-order valence-electron chi connectivity index (χ1n) is 3.65. The first-order valence-corrected chi connectivity index (χ1v) is 3.65. The molecule has 1 heterocycles.